The fraction of sp³-hybridized carbons (Fsp3) is 0. The predicted octanol–water partition coefficient (Wildman–Crippen LogP) is 2.41. The minimum absolute atomic E-state index is 0.0904. The molecule has 0 aromatic heterocycles. The molecule has 0 spiro atoms. The lowest BCUT2D eigenvalue weighted by atomic mass is 10.1. The van der Waals surface area contributed by atoms with Gasteiger partial charge in [-0.25, -0.2) is 0 Å². The number of nitro groups is 1. The van der Waals surface area contributed by atoms with Gasteiger partial charge in [0.05, 0.1) is 16.3 Å². The first-order chi connectivity index (χ1) is 9.09. The van der Waals surface area contributed by atoms with E-state index >= 15 is 0 Å². The summed E-state index contributed by atoms with van der Waals surface area (Å²) in [6.07, 6.45) is 0. The highest BCUT2D eigenvalue weighted by molar-refractivity contribution is 6.18. The van der Waals surface area contributed by atoms with Crippen LogP contribution in [0.3, 0.4) is 0 Å². The Hall–Kier alpha value is -2.89. The van der Waals surface area contributed by atoms with E-state index in [9.17, 15) is 14.9 Å². The molecule has 6 heteroatoms. The number of anilines is 2. The molecule has 0 saturated heterocycles. The van der Waals surface area contributed by atoms with Gasteiger partial charge < -0.3 is 11.1 Å². The van der Waals surface area contributed by atoms with Crippen molar-refractivity contribution in [2.45, 2.75) is 0 Å². The second-order valence-corrected chi connectivity index (χ2v) is 4.18. The zero-order valence-corrected chi connectivity index (χ0v) is 9.71. The molecule has 1 aromatic rings. The Balaban J connectivity index is 1.95. The molecule has 0 unspecified atom stereocenters. The largest absolute Gasteiger partial charge is 0.398 e. The van der Waals surface area contributed by atoms with Gasteiger partial charge in [-0.05, 0) is 6.07 Å². The van der Waals surface area contributed by atoms with E-state index in [-0.39, 0.29) is 16.9 Å². The first kappa shape index (κ1) is 11.2. The van der Waals surface area contributed by atoms with Gasteiger partial charge in [0.2, 0.25) is 0 Å². The van der Waals surface area contributed by atoms with Crippen LogP contribution in [0.2, 0.25) is 0 Å². The van der Waals surface area contributed by atoms with Crippen molar-refractivity contribution in [3.05, 3.63) is 52.1 Å². The Morgan fingerprint density at radius 1 is 1.16 bits per heavy atom. The smallest absolute Gasteiger partial charge is 0.284 e. The number of fused-ring (bicyclic) bond motifs is 1. The Labute approximate surface area is 108 Å². The number of rotatable bonds is 3. The minimum Gasteiger partial charge on any atom is -0.398 e. The summed E-state index contributed by atoms with van der Waals surface area (Å²) in [4.78, 5) is 22.4. The molecule has 0 bridgehead atoms. The normalized spacial score (nSPS) is 10.9. The Morgan fingerprint density at radius 2 is 1.79 bits per heavy atom. The molecule has 0 aliphatic heterocycles. The van der Waals surface area contributed by atoms with Crippen LogP contribution in [0.4, 0.5) is 17.1 Å². The van der Waals surface area contributed by atoms with Crippen molar-refractivity contribution < 1.29 is 9.72 Å². The van der Waals surface area contributed by atoms with Gasteiger partial charge in [-0.3, -0.25) is 14.9 Å². The van der Waals surface area contributed by atoms with Crippen LogP contribution in [0.5, 0.6) is 0 Å². The number of nitrogens with one attached hydrogen (secondary N) is 1. The van der Waals surface area contributed by atoms with Crippen molar-refractivity contribution >= 4 is 23.0 Å². The number of amides is 1. The highest BCUT2D eigenvalue weighted by Gasteiger charge is 2.29. The van der Waals surface area contributed by atoms with E-state index in [0.717, 1.165) is 11.1 Å². The van der Waals surface area contributed by atoms with Crippen LogP contribution in [-0.2, 0) is 0 Å². The number of hydrogen-bond donors (Lipinski definition) is 2. The summed E-state index contributed by atoms with van der Waals surface area (Å²) >= 11 is 0. The van der Waals surface area contributed by atoms with E-state index in [1.807, 2.05) is 18.2 Å². The van der Waals surface area contributed by atoms with Crippen molar-refractivity contribution in [3.8, 4) is 11.1 Å². The molecule has 0 fully saturated rings. The van der Waals surface area contributed by atoms with E-state index in [4.69, 9.17) is 5.73 Å². The summed E-state index contributed by atoms with van der Waals surface area (Å²) in [6.45, 7) is 0. The number of nitro benzene ring substituents is 1. The van der Waals surface area contributed by atoms with Gasteiger partial charge in [0.15, 0.2) is 0 Å². The SMILES string of the molecule is Nc1cccc([N+](=O)[O-])c1C(=O)Nc1c2cccc1-2. The van der Waals surface area contributed by atoms with Gasteiger partial charge in [-0.15, -0.1) is 0 Å². The maximum atomic E-state index is 12.1. The molecule has 2 aliphatic rings. The molecule has 0 heterocycles. The summed E-state index contributed by atoms with van der Waals surface area (Å²) in [7, 11) is 0. The van der Waals surface area contributed by atoms with Crippen molar-refractivity contribution in [3.63, 3.8) is 0 Å². The Bertz CT molecular complexity index is 705. The third-order valence-electron chi connectivity index (χ3n) is 3.03. The van der Waals surface area contributed by atoms with Crippen LogP contribution >= 0.6 is 0 Å². The van der Waals surface area contributed by atoms with Gasteiger partial charge in [-0.1, -0.05) is 24.3 Å². The second-order valence-electron chi connectivity index (χ2n) is 4.18. The molecule has 0 saturated carbocycles. The molecule has 19 heavy (non-hydrogen) atoms. The number of nitrogen functional groups attached to an aromatic ring is 1. The highest BCUT2D eigenvalue weighted by Crippen LogP contribution is 2.49. The molecular weight excluding hydrogens is 246 g/mol. The molecule has 3 rings (SSSR count). The number of carbonyl (C=O) groups is 1. The first-order valence-electron chi connectivity index (χ1n) is 5.57. The number of hydrogen-bond acceptors (Lipinski definition) is 4. The average Bonchev–Trinajstić information content (AvgIpc) is 2.82. The van der Waals surface area contributed by atoms with Crippen molar-refractivity contribution in [1.82, 2.24) is 0 Å². The van der Waals surface area contributed by atoms with E-state index in [1.54, 1.807) is 0 Å². The summed E-state index contributed by atoms with van der Waals surface area (Å²) < 4.78 is 0. The quantitative estimate of drug-likeness (QED) is 0.426. The summed E-state index contributed by atoms with van der Waals surface area (Å²) in [5, 5.41) is 13.6. The van der Waals surface area contributed by atoms with Crippen LogP contribution in [-0.4, -0.2) is 10.8 Å². The minimum atomic E-state index is -0.615. The third-order valence-corrected chi connectivity index (χ3v) is 3.03. The van der Waals surface area contributed by atoms with Gasteiger partial charge in [0.1, 0.15) is 5.56 Å². The summed E-state index contributed by atoms with van der Waals surface area (Å²) in [6, 6.07) is 9.78. The van der Waals surface area contributed by atoms with E-state index in [0.29, 0.717) is 5.69 Å². The molecule has 6 nitrogen and oxygen atoms in total. The van der Waals surface area contributed by atoms with Crippen LogP contribution in [0.25, 0.3) is 11.1 Å². The Morgan fingerprint density at radius 3 is 2.42 bits per heavy atom. The van der Waals surface area contributed by atoms with Gasteiger partial charge >= 0.3 is 0 Å². The molecule has 94 valence electrons. The van der Waals surface area contributed by atoms with E-state index in [1.165, 1.54) is 18.2 Å². The lowest BCUT2D eigenvalue weighted by Gasteiger charge is -2.05. The number of carbonyl (C=O) groups excluding carboxylic acids is 1. The number of para-hydroxylation sites is 1. The van der Waals surface area contributed by atoms with Crippen molar-refractivity contribution in [2.75, 3.05) is 11.1 Å². The molecule has 2 aliphatic carbocycles. The van der Waals surface area contributed by atoms with Crippen LogP contribution in [0.1, 0.15) is 10.4 Å². The van der Waals surface area contributed by atoms with Crippen LogP contribution < -0.4 is 11.1 Å². The third kappa shape index (κ3) is 1.70. The predicted molar refractivity (Wildman–Crippen MR) is 70.9 cm³/mol. The topological polar surface area (TPSA) is 98.3 Å². The summed E-state index contributed by atoms with van der Waals surface area (Å²) in [5.74, 6) is -0.559. The van der Waals surface area contributed by atoms with Crippen molar-refractivity contribution in [2.24, 2.45) is 0 Å². The number of nitrogens with zero attached hydrogens (tertiary/aromatic N) is 1. The van der Waals surface area contributed by atoms with Gasteiger partial charge in [0, 0.05) is 17.2 Å². The molecule has 1 aromatic carbocycles. The molecule has 3 N–H and O–H groups in total. The molecule has 0 atom stereocenters. The zero-order chi connectivity index (χ0) is 13.6. The summed E-state index contributed by atoms with van der Waals surface area (Å²) in [5.41, 5.74) is 8.00. The maximum Gasteiger partial charge on any atom is 0.284 e. The van der Waals surface area contributed by atoms with Crippen molar-refractivity contribution in [1.29, 1.82) is 0 Å². The fourth-order valence-electron chi connectivity index (χ4n) is 2.07. The molecular formula is C13H9N3O3. The second kappa shape index (κ2) is 3.81. The first-order valence-corrected chi connectivity index (χ1v) is 5.57. The van der Waals surface area contributed by atoms with Gasteiger partial charge in [0.25, 0.3) is 11.6 Å². The standard InChI is InChI=1S/C13H9N3O3/c14-9-5-2-6-10(16(18)19)11(9)13(17)15-12-7-3-1-4-8(7)12/h1-6H,14H2,(H,15,17). The van der Waals surface area contributed by atoms with Gasteiger partial charge in [-0.2, -0.15) is 0 Å². The number of nitrogens with two attached hydrogens (primary N) is 1. The number of benzene rings is 2. The average molecular weight is 255 g/mol. The van der Waals surface area contributed by atoms with Crippen LogP contribution in [0, 0.1) is 10.1 Å². The van der Waals surface area contributed by atoms with E-state index in [2.05, 4.69) is 5.32 Å². The highest BCUT2D eigenvalue weighted by atomic mass is 16.6. The Kier molecular flexibility index (Phi) is 2.25. The monoisotopic (exact) mass is 255 g/mol. The lowest BCUT2D eigenvalue weighted by molar-refractivity contribution is -0.385. The van der Waals surface area contributed by atoms with E-state index < -0.39 is 10.8 Å². The molecule has 1 amide bonds. The molecule has 0 radical (unpaired) electrons. The maximum absolute atomic E-state index is 12.1. The lowest BCUT2D eigenvalue weighted by Crippen LogP contribution is -2.14. The van der Waals surface area contributed by atoms with Crippen LogP contribution in [0.15, 0.2) is 36.4 Å². The zero-order valence-electron chi connectivity index (χ0n) is 9.71. The fourth-order valence-corrected chi connectivity index (χ4v) is 2.07.